The zero-order valence-corrected chi connectivity index (χ0v) is 12.5. The Hall–Kier alpha value is -1.51. The summed E-state index contributed by atoms with van der Waals surface area (Å²) in [6.07, 6.45) is 1.35. The third-order valence-electron chi connectivity index (χ3n) is 3.00. The molecule has 1 amide bonds. The number of nitrogens with one attached hydrogen (secondary N) is 1. The van der Waals surface area contributed by atoms with E-state index >= 15 is 0 Å². The van der Waals surface area contributed by atoms with Crippen LogP contribution in [0.5, 0.6) is 0 Å². The van der Waals surface area contributed by atoms with Crippen molar-refractivity contribution in [3.05, 3.63) is 11.1 Å². The first kappa shape index (κ1) is 13.5. The Morgan fingerprint density at radius 1 is 1.55 bits per heavy atom. The van der Waals surface area contributed by atoms with E-state index in [-0.39, 0.29) is 12.0 Å². The highest BCUT2D eigenvalue weighted by molar-refractivity contribution is 7.19. The molecule has 6 nitrogen and oxygen atoms in total. The van der Waals surface area contributed by atoms with E-state index in [4.69, 9.17) is 10.5 Å². The van der Waals surface area contributed by atoms with Crippen LogP contribution in [0.2, 0.25) is 0 Å². The molecule has 3 N–H and O–H groups in total. The Morgan fingerprint density at radius 3 is 3.05 bits per heavy atom. The standard InChI is InChI=1S/C12H14N4O2S2/c1-6-9(7-5-19-11(13)15-7)20-12(14-6)16-10(17)8-3-2-4-18-8/h5,8H,2-4H2,1H3,(H2,13,15)(H,14,16,17). The summed E-state index contributed by atoms with van der Waals surface area (Å²) in [5.74, 6) is -0.124. The Bertz CT molecular complexity index is 631. The SMILES string of the molecule is Cc1nc(NC(=O)C2CCCO2)sc1-c1csc(N)n1. The number of thiazole rings is 2. The number of hydrogen-bond acceptors (Lipinski definition) is 7. The predicted molar refractivity (Wildman–Crippen MR) is 80.0 cm³/mol. The maximum absolute atomic E-state index is 12.0. The maximum atomic E-state index is 12.0. The molecule has 1 saturated heterocycles. The molecule has 1 fully saturated rings. The Balaban J connectivity index is 1.76. The van der Waals surface area contributed by atoms with E-state index in [9.17, 15) is 4.79 Å². The van der Waals surface area contributed by atoms with Crippen LogP contribution in [0.1, 0.15) is 18.5 Å². The van der Waals surface area contributed by atoms with Gasteiger partial charge in [-0.2, -0.15) is 0 Å². The van der Waals surface area contributed by atoms with Gasteiger partial charge in [-0.25, -0.2) is 9.97 Å². The van der Waals surface area contributed by atoms with E-state index in [0.717, 1.165) is 29.1 Å². The topological polar surface area (TPSA) is 90.1 Å². The largest absolute Gasteiger partial charge is 0.375 e. The number of nitrogen functional groups attached to an aromatic ring is 1. The van der Waals surface area contributed by atoms with Crippen LogP contribution in [0, 0.1) is 6.92 Å². The molecular weight excluding hydrogens is 296 g/mol. The summed E-state index contributed by atoms with van der Waals surface area (Å²) in [5.41, 5.74) is 7.28. The quantitative estimate of drug-likeness (QED) is 0.907. The van der Waals surface area contributed by atoms with Gasteiger partial charge in [-0.15, -0.1) is 11.3 Å². The van der Waals surface area contributed by atoms with Gasteiger partial charge in [0, 0.05) is 12.0 Å². The van der Waals surface area contributed by atoms with Crippen molar-refractivity contribution in [3.63, 3.8) is 0 Å². The normalized spacial score (nSPS) is 18.4. The van der Waals surface area contributed by atoms with Crippen LogP contribution >= 0.6 is 22.7 Å². The monoisotopic (exact) mass is 310 g/mol. The maximum Gasteiger partial charge on any atom is 0.255 e. The van der Waals surface area contributed by atoms with Gasteiger partial charge < -0.3 is 10.5 Å². The average Bonchev–Trinajstić information content (AvgIpc) is 3.10. The molecule has 1 atom stereocenters. The molecule has 3 rings (SSSR count). The number of aromatic nitrogens is 2. The lowest BCUT2D eigenvalue weighted by molar-refractivity contribution is -0.124. The lowest BCUT2D eigenvalue weighted by atomic mass is 10.2. The minimum Gasteiger partial charge on any atom is -0.375 e. The van der Waals surface area contributed by atoms with Gasteiger partial charge in [0.1, 0.15) is 6.10 Å². The first-order valence-corrected chi connectivity index (χ1v) is 7.94. The van der Waals surface area contributed by atoms with Crippen LogP contribution in [0.4, 0.5) is 10.3 Å². The summed E-state index contributed by atoms with van der Waals surface area (Å²) in [6.45, 7) is 2.54. The summed E-state index contributed by atoms with van der Waals surface area (Å²) in [5, 5.41) is 5.80. The number of carbonyl (C=O) groups excluding carboxylic acids is 1. The van der Waals surface area contributed by atoms with Crippen molar-refractivity contribution < 1.29 is 9.53 Å². The molecular formula is C12H14N4O2S2. The first-order chi connectivity index (χ1) is 9.63. The smallest absolute Gasteiger partial charge is 0.255 e. The van der Waals surface area contributed by atoms with E-state index in [2.05, 4.69) is 15.3 Å². The number of carbonyl (C=O) groups is 1. The lowest BCUT2D eigenvalue weighted by Gasteiger charge is -2.07. The minimum absolute atomic E-state index is 0.124. The second-order valence-electron chi connectivity index (χ2n) is 4.50. The molecule has 106 valence electrons. The fourth-order valence-corrected chi connectivity index (χ4v) is 3.61. The summed E-state index contributed by atoms with van der Waals surface area (Å²) in [6, 6.07) is 0. The Morgan fingerprint density at radius 2 is 2.40 bits per heavy atom. The van der Waals surface area contributed by atoms with Crippen LogP contribution in [0.3, 0.4) is 0 Å². The van der Waals surface area contributed by atoms with Gasteiger partial charge >= 0.3 is 0 Å². The number of aryl methyl sites for hydroxylation is 1. The zero-order valence-electron chi connectivity index (χ0n) is 10.9. The van der Waals surface area contributed by atoms with Gasteiger partial charge in [0.2, 0.25) is 0 Å². The molecule has 0 spiro atoms. The van der Waals surface area contributed by atoms with Crippen molar-refractivity contribution in [3.8, 4) is 10.6 Å². The fourth-order valence-electron chi connectivity index (χ4n) is 2.05. The molecule has 8 heteroatoms. The third-order valence-corrected chi connectivity index (χ3v) is 4.77. The van der Waals surface area contributed by atoms with E-state index in [1.165, 1.54) is 22.7 Å². The lowest BCUT2D eigenvalue weighted by Crippen LogP contribution is -2.26. The molecule has 2 aromatic rings. The summed E-state index contributed by atoms with van der Waals surface area (Å²) in [7, 11) is 0. The molecule has 0 aromatic carbocycles. The van der Waals surface area contributed by atoms with Gasteiger partial charge in [0.15, 0.2) is 10.3 Å². The van der Waals surface area contributed by atoms with Crippen LogP contribution in [0.25, 0.3) is 10.6 Å². The average molecular weight is 310 g/mol. The van der Waals surface area contributed by atoms with E-state index in [1.807, 2.05) is 12.3 Å². The molecule has 0 saturated carbocycles. The number of ether oxygens (including phenoxy) is 1. The van der Waals surface area contributed by atoms with Crippen LogP contribution in [-0.2, 0) is 9.53 Å². The van der Waals surface area contributed by atoms with E-state index < -0.39 is 0 Å². The molecule has 3 heterocycles. The number of nitrogens with two attached hydrogens (primary N) is 1. The van der Waals surface area contributed by atoms with Crippen molar-refractivity contribution >= 4 is 38.8 Å². The van der Waals surface area contributed by atoms with E-state index in [0.29, 0.717) is 16.9 Å². The molecule has 0 aliphatic carbocycles. The van der Waals surface area contributed by atoms with Crippen LogP contribution < -0.4 is 11.1 Å². The van der Waals surface area contributed by atoms with Crippen molar-refractivity contribution in [2.75, 3.05) is 17.7 Å². The van der Waals surface area contributed by atoms with Crippen molar-refractivity contribution in [1.82, 2.24) is 9.97 Å². The van der Waals surface area contributed by atoms with Gasteiger partial charge in [0.05, 0.1) is 16.3 Å². The van der Waals surface area contributed by atoms with Crippen LogP contribution in [0.15, 0.2) is 5.38 Å². The van der Waals surface area contributed by atoms with Gasteiger partial charge in [0.25, 0.3) is 5.91 Å². The number of amides is 1. The van der Waals surface area contributed by atoms with Crippen molar-refractivity contribution in [2.24, 2.45) is 0 Å². The molecule has 1 aliphatic heterocycles. The van der Waals surface area contributed by atoms with Gasteiger partial charge in [-0.1, -0.05) is 11.3 Å². The van der Waals surface area contributed by atoms with E-state index in [1.54, 1.807) is 0 Å². The summed E-state index contributed by atoms with van der Waals surface area (Å²) < 4.78 is 5.35. The Kier molecular flexibility index (Phi) is 3.68. The molecule has 2 aromatic heterocycles. The van der Waals surface area contributed by atoms with Crippen LogP contribution in [-0.4, -0.2) is 28.6 Å². The molecule has 0 radical (unpaired) electrons. The summed E-state index contributed by atoms with van der Waals surface area (Å²) >= 11 is 2.79. The minimum atomic E-state index is -0.349. The van der Waals surface area contributed by atoms with Crippen molar-refractivity contribution in [2.45, 2.75) is 25.9 Å². The number of nitrogens with zero attached hydrogens (tertiary/aromatic N) is 2. The predicted octanol–water partition coefficient (Wildman–Crippen LogP) is 2.27. The second kappa shape index (κ2) is 5.47. The molecule has 1 unspecified atom stereocenters. The first-order valence-electron chi connectivity index (χ1n) is 6.25. The number of rotatable bonds is 3. The highest BCUT2D eigenvalue weighted by Crippen LogP contribution is 2.34. The molecule has 0 bridgehead atoms. The molecule has 1 aliphatic rings. The zero-order chi connectivity index (χ0) is 14.1. The highest BCUT2D eigenvalue weighted by Gasteiger charge is 2.24. The van der Waals surface area contributed by atoms with Gasteiger partial charge in [-0.3, -0.25) is 10.1 Å². The number of anilines is 2. The second-order valence-corrected chi connectivity index (χ2v) is 6.38. The van der Waals surface area contributed by atoms with Crippen molar-refractivity contribution in [1.29, 1.82) is 0 Å². The van der Waals surface area contributed by atoms with Gasteiger partial charge in [-0.05, 0) is 19.8 Å². The highest BCUT2D eigenvalue weighted by atomic mass is 32.1. The number of hydrogen-bond donors (Lipinski definition) is 2. The summed E-state index contributed by atoms with van der Waals surface area (Å²) in [4.78, 5) is 21.5. The Labute approximate surface area is 124 Å². The fraction of sp³-hybridized carbons (Fsp3) is 0.417. The third kappa shape index (κ3) is 2.67. The molecule has 20 heavy (non-hydrogen) atoms.